The molecule has 1 amide bonds. The zero-order valence-corrected chi connectivity index (χ0v) is 18.7. The Balaban J connectivity index is 1.59. The van der Waals surface area contributed by atoms with Crippen molar-refractivity contribution in [3.63, 3.8) is 0 Å². The summed E-state index contributed by atoms with van der Waals surface area (Å²) in [6.45, 7) is 1.72. The van der Waals surface area contributed by atoms with E-state index in [0.29, 0.717) is 16.1 Å². The van der Waals surface area contributed by atoms with Gasteiger partial charge in [0.15, 0.2) is 0 Å². The lowest BCUT2D eigenvalue weighted by molar-refractivity contribution is 0.0894. The van der Waals surface area contributed by atoms with E-state index in [9.17, 15) is 17.6 Å². The SMILES string of the molecule is Cc1cc(Cl)ccc1C(=O)NCC1(c2ncccc2F)CN(S(=O)(=O)c2cccnc2)C1. The molecule has 0 bridgehead atoms. The third-order valence-corrected chi connectivity index (χ3v) is 7.52. The summed E-state index contributed by atoms with van der Waals surface area (Å²) in [6, 6.07) is 10.6. The van der Waals surface area contributed by atoms with Crippen LogP contribution >= 0.6 is 11.6 Å². The standard InChI is InChI=1S/C22H20ClFN4O3S/c1-15-10-16(23)6-7-18(15)21(29)27-12-22(20-19(24)5-3-9-26-20)13-28(14-22)32(30,31)17-4-2-8-25-11-17/h2-11H,12-14H2,1H3,(H,27,29). The fourth-order valence-corrected chi connectivity index (χ4v) is 5.60. The maximum absolute atomic E-state index is 14.6. The predicted molar refractivity (Wildman–Crippen MR) is 117 cm³/mol. The molecule has 32 heavy (non-hydrogen) atoms. The van der Waals surface area contributed by atoms with Crippen molar-refractivity contribution < 1.29 is 17.6 Å². The third kappa shape index (κ3) is 4.11. The van der Waals surface area contributed by atoms with Crippen molar-refractivity contribution in [2.45, 2.75) is 17.2 Å². The minimum absolute atomic E-state index is 0.0148. The van der Waals surface area contributed by atoms with Crippen LogP contribution in [0.15, 0.2) is 66.0 Å². The number of hydrogen-bond acceptors (Lipinski definition) is 5. The smallest absolute Gasteiger partial charge is 0.251 e. The average Bonchev–Trinajstić information content (AvgIpc) is 2.74. The van der Waals surface area contributed by atoms with Crippen LogP contribution in [0.4, 0.5) is 4.39 Å². The number of nitrogens with one attached hydrogen (secondary N) is 1. The summed E-state index contributed by atoms with van der Waals surface area (Å²) < 4.78 is 41.7. The molecule has 1 aliphatic heterocycles. The summed E-state index contributed by atoms with van der Waals surface area (Å²) in [5.74, 6) is -0.911. The zero-order chi connectivity index (χ0) is 22.9. The Kier molecular flexibility index (Phi) is 5.98. The molecule has 1 aliphatic rings. The average molecular weight is 475 g/mol. The van der Waals surface area contributed by atoms with Gasteiger partial charge >= 0.3 is 0 Å². The first kappa shape index (κ1) is 22.3. The van der Waals surface area contributed by atoms with E-state index >= 15 is 0 Å². The molecular weight excluding hydrogens is 455 g/mol. The van der Waals surface area contributed by atoms with Gasteiger partial charge in [0, 0.05) is 48.8 Å². The summed E-state index contributed by atoms with van der Waals surface area (Å²) in [5.41, 5.74) is 0.245. The second-order valence-electron chi connectivity index (χ2n) is 7.72. The fraction of sp³-hybridized carbons (Fsp3) is 0.227. The van der Waals surface area contributed by atoms with Crippen LogP contribution in [0.3, 0.4) is 0 Å². The molecule has 3 aromatic rings. The summed E-state index contributed by atoms with van der Waals surface area (Å²) in [6.07, 6.45) is 4.20. The normalized spacial score (nSPS) is 15.7. The molecule has 0 radical (unpaired) electrons. The Morgan fingerprint density at radius 3 is 2.62 bits per heavy atom. The van der Waals surface area contributed by atoms with Crippen LogP contribution in [0, 0.1) is 12.7 Å². The van der Waals surface area contributed by atoms with Gasteiger partial charge in [-0.3, -0.25) is 14.8 Å². The monoisotopic (exact) mass is 474 g/mol. The largest absolute Gasteiger partial charge is 0.351 e. The minimum atomic E-state index is -3.80. The van der Waals surface area contributed by atoms with Crippen LogP contribution in [0.2, 0.25) is 5.02 Å². The van der Waals surface area contributed by atoms with Crippen molar-refractivity contribution in [3.05, 3.63) is 88.7 Å². The first-order chi connectivity index (χ1) is 15.2. The maximum Gasteiger partial charge on any atom is 0.251 e. The van der Waals surface area contributed by atoms with Crippen LogP contribution in [-0.2, 0) is 15.4 Å². The molecule has 1 saturated heterocycles. The molecule has 1 N–H and O–H groups in total. The Hall–Kier alpha value is -2.88. The van der Waals surface area contributed by atoms with Crippen LogP contribution in [0.5, 0.6) is 0 Å². The van der Waals surface area contributed by atoms with Gasteiger partial charge in [-0.1, -0.05) is 11.6 Å². The Labute approximate surface area is 190 Å². The van der Waals surface area contributed by atoms with E-state index in [2.05, 4.69) is 15.3 Å². The van der Waals surface area contributed by atoms with Gasteiger partial charge in [0.05, 0.1) is 11.1 Å². The van der Waals surface area contributed by atoms with E-state index in [-0.39, 0.29) is 36.1 Å². The molecule has 2 aromatic heterocycles. The highest BCUT2D eigenvalue weighted by Crippen LogP contribution is 2.37. The molecule has 1 fully saturated rings. The summed E-state index contributed by atoms with van der Waals surface area (Å²) >= 11 is 5.96. The molecule has 0 spiro atoms. The molecule has 0 saturated carbocycles. The lowest BCUT2D eigenvalue weighted by atomic mass is 9.77. The van der Waals surface area contributed by atoms with Crippen molar-refractivity contribution in [2.24, 2.45) is 0 Å². The lowest BCUT2D eigenvalue weighted by Crippen LogP contribution is -2.65. The lowest BCUT2D eigenvalue weighted by Gasteiger charge is -2.48. The van der Waals surface area contributed by atoms with Crippen LogP contribution in [0.1, 0.15) is 21.6 Å². The number of amides is 1. The number of carbonyl (C=O) groups excluding carboxylic acids is 1. The highest BCUT2D eigenvalue weighted by molar-refractivity contribution is 7.89. The molecule has 4 rings (SSSR count). The quantitative estimate of drug-likeness (QED) is 0.593. The van der Waals surface area contributed by atoms with E-state index in [1.807, 2.05) is 0 Å². The van der Waals surface area contributed by atoms with Gasteiger partial charge < -0.3 is 5.32 Å². The predicted octanol–water partition coefficient (Wildman–Crippen LogP) is 2.95. The van der Waals surface area contributed by atoms with E-state index in [1.165, 1.54) is 47.2 Å². The molecule has 0 aliphatic carbocycles. The molecule has 0 atom stereocenters. The van der Waals surface area contributed by atoms with Gasteiger partial charge in [-0.15, -0.1) is 0 Å². The number of pyridine rings is 2. The minimum Gasteiger partial charge on any atom is -0.351 e. The van der Waals surface area contributed by atoms with Gasteiger partial charge in [0.1, 0.15) is 10.7 Å². The number of hydrogen-bond donors (Lipinski definition) is 1. The maximum atomic E-state index is 14.6. The first-order valence-corrected chi connectivity index (χ1v) is 11.6. The van der Waals surface area contributed by atoms with Crippen LogP contribution < -0.4 is 5.32 Å². The number of nitrogens with zero attached hydrogens (tertiary/aromatic N) is 3. The summed E-state index contributed by atoms with van der Waals surface area (Å²) in [5, 5.41) is 3.33. The highest BCUT2D eigenvalue weighted by atomic mass is 35.5. The van der Waals surface area contributed by atoms with E-state index in [0.717, 1.165) is 0 Å². The number of halogens is 2. The van der Waals surface area contributed by atoms with E-state index in [1.54, 1.807) is 25.1 Å². The summed E-state index contributed by atoms with van der Waals surface area (Å²) in [4.78, 5) is 20.9. The first-order valence-electron chi connectivity index (χ1n) is 9.78. The van der Waals surface area contributed by atoms with E-state index < -0.39 is 21.3 Å². The van der Waals surface area contributed by atoms with Gasteiger partial charge in [-0.2, -0.15) is 4.31 Å². The van der Waals surface area contributed by atoms with Gasteiger partial charge in [-0.05, 0) is 55.0 Å². The van der Waals surface area contributed by atoms with Gasteiger partial charge in [0.2, 0.25) is 10.0 Å². The molecular formula is C22H20ClFN4O3S. The Bertz CT molecular complexity index is 1270. The van der Waals surface area contributed by atoms with Crippen molar-refractivity contribution in [1.82, 2.24) is 19.6 Å². The number of aromatic nitrogens is 2. The molecule has 0 unspecified atom stereocenters. The molecule has 10 heteroatoms. The van der Waals surface area contributed by atoms with Gasteiger partial charge in [-0.25, -0.2) is 12.8 Å². The number of aryl methyl sites for hydroxylation is 1. The Morgan fingerprint density at radius 1 is 1.22 bits per heavy atom. The third-order valence-electron chi connectivity index (χ3n) is 5.51. The molecule has 1 aromatic carbocycles. The second-order valence-corrected chi connectivity index (χ2v) is 10.1. The number of rotatable bonds is 6. The Morgan fingerprint density at radius 2 is 1.97 bits per heavy atom. The second kappa shape index (κ2) is 8.57. The van der Waals surface area contributed by atoms with E-state index in [4.69, 9.17) is 11.6 Å². The van der Waals surface area contributed by atoms with Crippen molar-refractivity contribution >= 4 is 27.5 Å². The van der Waals surface area contributed by atoms with Gasteiger partial charge in [0.25, 0.3) is 5.91 Å². The van der Waals surface area contributed by atoms with Crippen molar-refractivity contribution in [3.8, 4) is 0 Å². The summed E-state index contributed by atoms with van der Waals surface area (Å²) in [7, 11) is -3.80. The van der Waals surface area contributed by atoms with Crippen molar-refractivity contribution in [1.29, 1.82) is 0 Å². The van der Waals surface area contributed by atoms with Crippen LogP contribution in [-0.4, -0.2) is 48.2 Å². The molecule has 7 nitrogen and oxygen atoms in total. The number of benzene rings is 1. The fourth-order valence-electron chi connectivity index (χ4n) is 3.80. The number of carbonyl (C=O) groups is 1. The topological polar surface area (TPSA) is 92.3 Å². The molecule has 166 valence electrons. The number of sulfonamides is 1. The van der Waals surface area contributed by atoms with Crippen LogP contribution in [0.25, 0.3) is 0 Å². The zero-order valence-electron chi connectivity index (χ0n) is 17.1. The highest BCUT2D eigenvalue weighted by Gasteiger charge is 2.52. The van der Waals surface area contributed by atoms with Crippen molar-refractivity contribution in [2.75, 3.05) is 19.6 Å². The molecule has 3 heterocycles.